The van der Waals surface area contributed by atoms with Gasteiger partial charge in [0.05, 0.1) is 5.25 Å². The van der Waals surface area contributed by atoms with Gasteiger partial charge in [0.25, 0.3) is 0 Å². The molecule has 0 spiro atoms. The number of nitrogens with one attached hydrogen (secondary N) is 1. The highest BCUT2D eigenvalue weighted by molar-refractivity contribution is 8.00. The van der Waals surface area contributed by atoms with Gasteiger partial charge in [-0.05, 0) is 37.3 Å². The highest BCUT2D eigenvalue weighted by atomic mass is 32.2. The third-order valence-electron chi connectivity index (χ3n) is 4.15. The lowest BCUT2D eigenvalue weighted by Crippen LogP contribution is -2.39. The average Bonchev–Trinajstić information content (AvgIpc) is 2.93. The van der Waals surface area contributed by atoms with Crippen molar-refractivity contribution in [3.05, 3.63) is 35.4 Å². The second-order valence-corrected chi connectivity index (χ2v) is 7.13. The van der Waals surface area contributed by atoms with Gasteiger partial charge in [0.1, 0.15) is 0 Å². The van der Waals surface area contributed by atoms with Crippen molar-refractivity contribution < 1.29 is 9.59 Å². The van der Waals surface area contributed by atoms with Crippen LogP contribution in [0.1, 0.15) is 36.1 Å². The summed E-state index contributed by atoms with van der Waals surface area (Å²) in [5.41, 5.74) is 2.76. The number of thioether (sulfide) groups is 1. The van der Waals surface area contributed by atoms with Crippen LogP contribution in [-0.4, -0.2) is 35.2 Å². The van der Waals surface area contributed by atoms with Gasteiger partial charge in [-0.15, -0.1) is 11.8 Å². The Morgan fingerprint density at radius 1 is 1.43 bits per heavy atom. The smallest absolute Gasteiger partial charge is 0.324 e. The Labute approximate surface area is 129 Å². The van der Waals surface area contributed by atoms with E-state index in [1.165, 1.54) is 22.4 Å². The first-order valence-corrected chi connectivity index (χ1v) is 8.43. The molecule has 1 aliphatic carbocycles. The normalized spacial score (nSPS) is 22.6. The molecular weight excluding hydrogens is 284 g/mol. The number of aryl methyl sites for hydroxylation is 1. The van der Waals surface area contributed by atoms with Crippen LogP contribution >= 0.6 is 11.8 Å². The molecule has 1 aliphatic heterocycles. The number of fused-ring (bicyclic) bond motifs is 1. The molecule has 5 heteroatoms. The molecule has 4 nitrogen and oxygen atoms in total. The summed E-state index contributed by atoms with van der Waals surface area (Å²) in [7, 11) is 0. The zero-order valence-electron chi connectivity index (χ0n) is 12.2. The first-order valence-electron chi connectivity index (χ1n) is 7.49. The van der Waals surface area contributed by atoms with E-state index in [4.69, 9.17) is 0 Å². The number of urea groups is 1. The van der Waals surface area contributed by atoms with E-state index < -0.39 is 0 Å². The summed E-state index contributed by atoms with van der Waals surface area (Å²) in [5, 5.41) is 2.85. The van der Waals surface area contributed by atoms with E-state index in [1.807, 2.05) is 6.92 Å². The van der Waals surface area contributed by atoms with Crippen LogP contribution < -0.4 is 5.32 Å². The number of amides is 3. The van der Waals surface area contributed by atoms with Crippen LogP contribution in [0.25, 0.3) is 0 Å². The van der Waals surface area contributed by atoms with Gasteiger partial charge in [-0.1, -0.05) is 24.3 Å². The van der Waals surface area contributed by atoms with Gasteiger partial charge in [0.2, 0.25) is 5.91 Å². The maximum Gasteiger partial charge on any atom is 0.324 e. The van der Waals surface area contributed by atoms with Crippen LogP contribution in [0.15, 0.2) is 24.3 Å². The maximum absolute atomic E-state index is 12.4. The molecule has 0 radical (unpaired) electrons. The molecule has 21 heavy (non-hydrogen) atoms. The maximum atomic E-state index is 12.4. The molecule has 1 fully saturated rings. The molecule has 1 aromatic rings. The van der Waals surface area contributed by atoms with Crippen molar-refractivity contribution in [2.75, 3.05) is 13.1 Å². The first kappa shape index (κ1) is 14.4. The quantitative estimate of drug-likeness (QED) is 0.934. The number of rotatable bonds is 3. The van der Waals surface area contributed by atoms with Crippen molar-refractivity contribution in [3.8, 4) is 0 Å². The molecule has 112 valence electrons. The molecule has 1 N–H and O–H groups in total. The molecule has 0 bridgehead atoms. The van der Waals surface area contributed by atoms with E-state index in [-0.39, 0.29) is 17.2 Å². The van der Waals surface area contributed by atoms with E-state index >= 15 is 0 Å². The molecule has 3 amide bonds. The van der Waals surface area contributed by atoms with Gasteiger partial charge in [0, 0.05) is 18.3 Å². The molecule has 2 aliphatic rings. The van der Waals surface area contributed by atoms with Gasteiger partial charge in [-0.25, -0.2) is 4.79 Å². The van der Waals surface area contributed by atoms with Crippen LogP contribution in [0.3, 0.4) is 0 Å². The summed E-state index contributed by atoms with van der Waals surface area (Å²) in [6.45, 7) is 2.97. The second kappa shape index (κ2) is 6.10. The topological polar surface area (TPSA) is 49.4 Å². The van der Waals surface area contributed by atoms with E-state index in [2.05, 4.69) is 29.6 Å². The van der Waals surface area contributed by atoms with Gasteiger partial charge in [0.15, 0.2) is 0 Å². The molecule has 1 heterocycles. The van der Waals surface area contributed by atoms with Crippen molar-refractivity contribution >= 4 is 23.7 Å². The number of hydrogen-bond acceptors (Lipinski definition) is 3. The van der Waals surface area contributed by atoms with E-state index in [9.17, 15) is 9.59 Å². The number of benzene rings is 1. The Morgan fingerprint density at radius 3 is 3.00 bits per heavy atom. The Morgan fingerprint density at radius 2 is 2.24 bits per heavy atom. The van der Waals surface area contributed by atoms with E-state index in [1.54, 1.807) is 11.8 Å². The Bertz CT molecular complexity index is 561. The molecule has 1 saturated heterocycles. The lowest BCUT2D eigenvalue weighted by Gasteiger charge is -2.28. The average molecular weight is 304 g/mol. The van der Waals surface area contributed by atoms with Crippen LogP contribution in [0.5, 0.6) is 0 Å². The third kappa shape index (κ3) is 2.93. The summed E-state index contributed by atoms with van der Waals surface area (Å²) >= 11 is 1.69. The van der Waals surface area contributed by atoms with Crippen molar-refractivity contribution in [3.63, 3.8) is 0 Å². The summed E-state index contributed by atoms with van der Waals surface area (Å²) in [6.07, 6.45) is 3.40. The minimum atomic E-state index is -0.253. The third-order valence-corrected chi connectivity index (χ3v) is 5.58. The summed E-state index contributed by atoms with van der Waals surface area (Å²) in [6, 6.07) is 8.25. The number of hydrogen-bond donors (Lipinski definition) is 1. The Hall–Kier alpha value is -1.49. The fourth-order valence-electron chi connectivity index (χ4n) is 3.06. The number of carbonyl (C=O) groups excluding carboxylic acids is 2. The van der Waals surface area contributed by atoms with Crippen LogP contribution in [0.4, 0.5) is 4.79 Å². The Balaban J connectivity index is 1.69. The predicted octanol–water partition coefficient (Wildman–Crippen LogP) is 2.74. The Kier molecular flexibility index (Phi) is 4.19. The SMILES string of the molecule is CC(SC1CCCc2ccccc21)C(=O)N1CCNC1=O. The molecule has 3 rings (SSSR count). The molecular formula is C16H20N2O2S. The van der Waals surface area contributed by atoms with Gasteiger partial charge in [-0.2, -0.15) is 0 Å². The summed E-state index contributed by atoms with van der Waals surface area (Å²) in [4.78, 5) is 25.3. The lowest BCUT2D eigenvalue weighted by atomic mass is 9.91. The molecule has 1 aromatic carbocycles. The molecule has 0 saturated carbocycles. The van der Waals surface area contributed by atoms with E-state index in [0.717, 1.165) is 12.8 Å². The highest BCUT2D eigenvalue weighted by Gasteiger charge is 2.32. The highest BCUT2D eigenvalue weighted by Crippen LogP contribution is 2.41. The van der Waals surface area contributed by atoms with Gasteiger partial charge >= 0.3 is 6.03 Å². The number of imide groups is 1. The minimum Gasteiger partial charge on any atom is -0.336 e. The van der Waals surface area contributed by atoms with Crippen LogP contribution in [0.2, 0.25) is 0 Å². The van der Waals surface area contributed by atoms with E-state index in [0.29, 0.717) is 18.3 Å². The van der Waals surface area contributed by atoms with Crippen molar-refractivity contribution in [1.82, 2.24) is 10.2 Å². The van der Waals surface area contributed by atoms with Gasteiger partial charge in [-0.3, -0.25) is 9.69 Å². The fraction of sp³-hybridized carbons (Fsp3) is 0.500. The lowest BCUT2D eigenvalue weighted by molar-refractivity contribution is -0.126. The first-order chi connectivity index (χ1) is 10.2. The second-order valence-electron chi connectivity index (χ2n) is 5.58. The summed E-state index contributed by atoms with van der Waals surface area (Å²) in [5.74, 6) is -0.0712. The number of carbonyl (C=O) groups is 2. The molecule has 2 unspecified atom stereocenters. The monoisotopic (exact) mass is 304 g/mol. The van der Waals surface area contributed by atoms with Crippen molar-refractivity contribution in [2.45, 2.75) is 36.7 Å². The predicted molar refractivity (Wildman–Crippen MR) is 84.3 cm³/mol. The summed E-state index contributed by atoms with van der Waals surface area (Å²) < 4.78 is 0. The van der Waals surface area contributed by atoms with Crippen LogP contribution in [-0.2, 0) is 11.2 Å². The number of nitrogens with zero attached hydrogens (tertiary/aromatic N) is 1. The zero-order chi connectivity index (χ0) is 14.8. The van der Waals surface area contributed by atoms with Crippen molar-refractivity contribution in [1.29, 1.82) is 0 Å². The standard InChI is InChI=1S/C16H20N2O2S/c1-11(15(19)18-10-9-17-16(18)20)21-14-8-4-6-12-5-2-3-7-13(12)14/h2-3,5,7,11,14H,4,6,8-10H2,1H3,(H,17,20). The van der Waals surface area contributed by atoms with Crippen molar-refractivity contribution in [2.24, 2.45) is 0 Å². The zero-order valence-corrected chi connectivity index (χ0v) is 13.0. The largest absolute Gasteiger partial charge is 0.336 e. The fourth-order valence-corrected chi connectivity index (χ4v) is 4.47. The van der Waals surface area contributed by atoms with Crippen LogP contribution in [0, 0.1) is 0 Å². The minimum absolute atomic E-state index is 0.0712. The molecule has 2 atom stereocenters. The van der Waals surface area contributed by atoms with Gasteiger partial charge < -0.3 is 5.32 Å². The molecule has 0 aromatic heterocycles.